The molecule has 0 unspecified atom stereocenters. The van der Waals surface area contributed by atoms with Gasteiger partial charge in [-0.15, -0.1) is 0 Å². The summed E-state index contributed by atoms with van der Waals surface area (Å²) < 4.78 is 11.2. The van der Waals surface area contributed by atoms with Gasteiger partial charge in [-0.25, -0.2) is 0 Å². The van der Waals surface area contributed by atoms with E-state index in [1.807, 2.05) is 26.0 Å². The van der Waals surface area contributed by atoms with Crippen molar-refractivity contribution >= 4 is 35.0 Å². The molecule has 1 amide bonds. The quantitative estimate of drug-likeness (QED) is 0.287. The van der Waals surface area contributed by atoms with E-state index in [2.05, 4.69) is 5.32 Å². The van der Waals surface area contributed by atoms with E-state index in [1.165, 1.54) is 12.1 Å². The first-order chi connectivity index (χ1) is 14.8. The number of benzene rings is 2. The minimum atomic E-state index is -0.462. The molecule has 8 nitrogen and oxygen atoms in total. The number of nitro benzene ring substituents is 1. The zero-order valence-corrected chi connectivity index (χ0v) is 18.3. The van der Waals surface area contributed by atoms with Gasteiger partial charge >= 0.3 is 0 Å². The Morgan fingerprint density at radius 2 is 1.94 bits per heavy atom. The number of methoxy groups -OCH3 is 1. The maximum atomic E-state index is 12.7. The van der Waals surface area contributed by atoms with Gasteiger partial charge in [0.25, 0.3) is 11.6 Å². The van der Waals surface area contributed by atoms with Crippen LogP contribution in [0.2, 0.25) is 0 Å². The molecule has 0 aliphatic carbocycles. The lowest BCUT2D eigenvalue weighted by Gasteiger charge is -2.16. The fourth-order valence-electron chi connectivity index (χ4n) is 3.10. The van der Waals surface area contributed by atoms with Crippen molar-refractivity contribution in [3.63, 3.8) is 0 Å². The molecule has 0 bridgehead atoms. The van der Waals surface area contributed by atoms with Crippen LogP contribution in [0.15, 0.2) is 48.2 Å². The zero-order valence-electron chi connectivity index (χ0n) is 17.5. The fraction of sp³-hybridized carbons (Fsp3) is 0.273. The summed E-state index contributed by atoms with van der Waals surface area (Å²) >= 11 is 5.29. The molecule has 1 N–H and O–H groups in total. The fourth-order valence-corrected chi connectivity index (χ4v) is 3.36. The van der Waals surface area contributed by atoms with Gasteiger partial charge < -0.3 is 14.8 Å². The van der Waals surface area contributed by atoms with Crippen molar-refractivity contribution in [1.29, 1.82) is 0 Å². The summed E-state index contributed by atoms with van der Waals surface area (Å²) in [6.45, 7) is 4.80. The summed E-state index contributed by atoms with van der Waals surface area (Å²) in [6, 6.07) is 11.4. The van der Waals surface area contributed by atoms with Gasteiger partial charge in [0, 0.05) is 24.2 Å². The van der Waals surface area contributed by atoms with Crippen LogP contribution in [0.3, 0.4) is 0 Å². The summed E-state index contributed by atoms with van der Waals surface area (Å²) in [5.74, 6) is 1.27. The molecule has 31 heavy (non-hydrogen) atoms. The number of nitrogens with one attached hydrogen (secondary N) is 1. The first kappa shape index (κ1) is 22.2. The third-order valence-electron chi connectivity index (χ3n) is 4.57. The number of nitrogens with zero attached hydrogens (tertiary/aromatic N) is 2. The molecule has 1 saturated heterocycles. The molecule has 9 heteroatoms. The highest BCUT2D eigenvalue weighted by atomic mass is 32.1. The van der Waals surface area contributed by atoms with Crippen LogP contribution in [0.1, 0.15) is 25.0 Å². The molecule has 1 heterocycles. The van der Waals surface area contributed by atoms with Crippen LogP contribution in [-0.2, 0) is 11.4 Å². The standard InChI is InChI=1S/C22H23N3O5S/c1-14(2)12-24-21(26)19(23-22(24)31)11-15-4-9-20(29-3)16(10-15)13-30-18-7-5-17(6-8-18)25(27)28/h4-11,14H,12-13H2,1-3H3,(H,23,31)/b19-11+. The Labute approximate surface area is 185 Å². The van der Waals surface area contributed by atoms with E-state index in [4.69, 9.17) is 21.7 Å². The second-order valence-corrected chi connectivity index (χ2v) is 7.80. The lowest BCUT2D eigenvalue weighted by molar-refractivity contribution is -0.384. The number of amides is 1. The van der Waals surface area contributed by atoms with Gasteiger partial charge in [0.15, 0.2) is 5.11 Å². The van der Waals surface area contributed by atoms with E-state index in [0.717, 1.165) is 11.1 Å². The predicted molar refractivity (Wildman–Crippen MR) is 121 cm³/mol. The number of carbonyl (C=O) groups excluding carboxylic acids is 1. The van der Waals surface area contributed by atoms with Crippen LogP contribution in [-0.4, -0.2) is 34.5 Å². The van der Waals surface area contributed by atoms with Crippen molar-refractivity contribution in [2.24, 2.45) is 5.92 Å². The van der Waals surface area contributed by atoms with Crippen LogP contribution >= 0.6 is 12.2 Å². The summed E-state index contributed by atoms with van der Waals surface area (Å²) in [6.07, 6.45) is 1.74. The number of ether oxygens (including phenoxy) is 2. The van der Waals surface area contributed by atoms with Gasteiger partial charge in [0.1, 0.15) is 23.8 Å². The van der Waals surface area contributed by atoms with E-state index < -0.39 is 4.92 Å². The normalized spacial score (nSPS) is 14.8. The number of hydrogen-bond donors (Lipinski definition) is 1. The first-order valence-corrected chi connectivity index (χ1v) is 10.1. The van der Waals surface area contributed by atoms with E-state index >= 15 is 0 Å². The first-order valence-electron chi connectivity index (χ1n) is 9.67. The lowest BCUT2D eigenvalue weighted by atomic mass is 10.1. The molecule has 0 aromatic heterocycles. The highest BCUT2D eigenvalue weighted by Gasteiger charge is 2.30. The Balaban J connectivity index is 1.77. The zero-order chi connectivity index (χ0) is 22.5. The predicted octanol–water partition coefficient (Wildman–Crippen LogP) is 3.90. The molecule has 2 aromatic rings. The van der Waals surface area contributed by atoms with E-state index in [-0.39, 0.29) is 18.2 Å². The summed E-state index contributed by atoms with van der Waals surface area (Å²) in [7, 11) is 1.56. The minimum absolute atomic E-state index is 0.00305. The monoisotopic (exact) mass is 441 g/mol. The number of thiocarbonyl (C=S) groups is 1. The van der Waals surface area contributed by atoms with Crippen LogP contribution in [0, 0.1) is 16.0 Å². The van der Waals surface area contributed by atoms with Crippen LogP contribution < -0.4 is 14.8 Å². The number of non-ortho nitro benzene ring substituents is 1. The van der Waals surface area contributed by atoms with Gasteiger partial charge in [0.05, 0.1) is 12.0 Å². The Morgan fingerprint density at radius 1 is 1.23 bits per heavy atom. The summed E-state index contributed by atoms with van der Waals surface area (Å²) in [5.41, 5.74) is 1.96. The van der Waals surface area contributed by atoms with Gasteiger partial charge in [-0.1, -0.05) is 19.9 Å². The molecule has 0 atom stereocenters. The van der Waals surface area contributed by atoms with Gasteiger partial charge in [-0.3, -0.25) is 19.8 Å². The van der Waals surface area contributed by atoms with E-state index in [0.29, 0.717) is 34.8 Å². The van der Waals surface area contributed by atoms with Crippen molar-refractivity contribution in [1.82, 2.24) is 10.2 Å². The summed E-state index contributed by atoms with van der Waals surface area (Å²) in [5, 5.41) is 14.2. The molecule has 1 aliphatic heterocycles. The van der Waals surface area contributed by atoms with Crippen molar-refractivity contribution < 1.29 is 19.2 Å². The highest BCUT2D eigenvalue weighted by Crippen LogP contribution is 2.25. The molecular weight excluding hydrogens is 418 g/mol. The van der Waals surface area contributed by atoms with Crippen molar-refractivity contribution in [2.75, 3.05) is 13.7 Å². The second kappa shape index (κ2) is 9.57. The summed E-state index contributed by atoms with van der Waals surface area (Å²) in [4.78, 5) is 24.5. The average molecular weight is 442 g/mol. The largest absolute Gasteiger partial charge is 0.496 e. The second-order valence-electron chi connectivity index (χ2n) is 7.41. The molecule has 3 rings (SSSR count). The topological polar surface area (TPSA) is 93.9 Å². The van der Waals surface area contributed by atoms with Crippen molar-refractivity contribution in [3.05, 3.63) is 69.4 Å². The van der Waals surface area contributed by atoms with E-state index in [1.54, 1.807) is 36.3 Å². The molecule has 0 spiro atoms. The molecule has 2 aromatic carbocycles. The highest BCUT2D eigenvalue weighted by molar-refractivity contribution is 7.80. The maximum Gasteiger partial charge on any atom is 0.276 e. The smallest absolute Gasteiger partial charge is 0.276 e. The molecule has 1 aliphatic rings. The molecule has 162 valence electrons. The molecule has 1 fully saturated rings. The number of hydrogen-bond acceptors (Lipinski definition) is 6. The Bertz CT molecular complexity index is 1030. The van der Waals surface area contributed by atoms with Crippen LogP contribution in [0.4, 0.5) is 5.69 Å². The maximum absolute atomic E-state index is 12.7. The van der Waals surface area contributed by atoms with Gasteiger partial charge in [0.2, 0.25) is 0 Å². The molecule has 0 radical (unpaired) electrons. The number of rotatable bonds is 8. The Morgan fingerprint density at radius 3 is 2.55 bits per heavy atom. The third kappa shape index (κ3) is 5.37. The Hall–Kier alpha value is -3.46. The van der Waals surface area contributed by atoms with Gasteiger partial charge in [-0.2, -0.15) is 0 Å². The van der Waals surface area contributed by atoms with E-state index in [9.17, 15) is 14.9 Å². The molecular formula is C22H23N3O5S. The minimum Gasteiger partial charge on any atom is -0.496 e. The number of carbonyl (C=O) groups is 1. The third-order valence-corrected chi connectivity index (χ3v) is 4.89. The van der Waals surface area contributed by atoms with Gasteiger partial charge in [-0.05, 0) is 54.0 Å². The Kier molecular flexibility index (Phi) is 6.86. The SMILES string of the molecule is COc1ccc(/C=C2/NC(=S)N(CC(C)C)C2=O)cc1COc1ccc([N+](=O)[O-])cc1. The van der Waals surface area contributed by atoms with Crippen LogP contribution in [0.5, 0.6) is 11.5 Å². The molecule has 0 saturated carbocycles. The van der Waals surface area contributed by atoms with Crippen molar-refractivity contribution in [2.45, 2.75) is 20.5 Å². The van der Waals surface area contributed by atoms with Crippen molar-refractivity contribution in [3.8, 4) is 11.5 Å². The average Bonchev–Trinajstić information content (AvgIpc) is 2.99. The number of nitro groups is 1. The lowest BCUT2D eigenvalue weighted by Crippen LogP contribution is -2.33. The van der Waals surface area contributed by atoms with Crippen LogP contribution in [0.25, 0.3) is 6.08 Å².